The largest absolute Gasteiger partial charge is 0.475 e. The van der Waals surface area contributed by atoms with Gasteiger partial charge in [0.25, 0.3) is 5.91 Å². The van der Waals surface area contributed by atoms with Crippen molar-refractivity contribution < 1.29 is 19.6 Å². The third-order valence-corrected chi connectivity index (χ3v) is 5.15. The van der Waals surface area contributed by atoms with Crippen LogP contribution in [0.3, 0.4) is 0 Å². The van der Waals surface area contributed by atoms with Crippen molar-refractivity contribution in [3.63, 3.8) is 0 Å². The van der Waals surface area contributed by atoms with Gasteiger partial charge < -0.3 is 20.7 Å². The van der Waals surface area contributed by atoms with E-state index < -0.39 is 24.5 Å². The summed E-state index contributed by atoms with van der Waals surface area (Å²) < 4.78 is 0. The molecule has 146 valence electrons. The lowest BCUT2D eigenvalue weighted by molar-refractivity contribution is -0.124. The normalized spacial score (nSPS) is 15.4. The molecule has 0 heterocycles. The highest BCUT2D eigenvalue weighted by Gasteiger charge is 2.52. The van der Waals surface area contributed by atoms with Crippen LogP contribution in [0.15, 0.2) is 48.5 Å². The van der Waals surface area contributed by atoms with E-state index in [0.29, 0.717) is 23.4 Å². The average molecular weight is 401 g/mol. The Balaban J connectivity index is 1.64. The van der Waals surface area contributed by atoms with Crippen LogP contribution in [0, 0.1) is 6.92 Å². The van der Waals surface area contributed by atoms with Gasteiger partial charge in [-0.15, -0.1) is 0 Å². The number of rotatable bonds is 7. The number of aryl methyl sites for hydroxylation is 1. The first-order chi connectivity index (χ1) is 13.3. The Morgan fingerprint density at radius 1 is 1.11 bits per heavy atom. The van der Waals surface area contributed by atoms with E-state index in [1.165, 1.54) is 0 Å². The maximum atomic E-state index is 12.7. The maximum absolute atomic E-state index is 12.7. The van der Waals surface area contributed by atoms with Gasteiger partial charge in [-0.1, -0.05) is 41.4 Å². The van der Waals surface area contributed by atoms with Crippen molar-refractivity contribution in [1.29, 1.82) is 0 Å². The van der Waals surface area contributed by atoms with Gasteiger partial charge >= 0.3 is 7.12 Å². The first kappa shape index (κ1) is 20.4. The zero-order valence-electron chi connectivity index (χ0n) is 15.5. The summed E-state index contributed by atoms with van der Waals surface area (Å²) in [5.74, 6) is -1.66. The number of carbonyl (C=O) groups is 2. The second-order valence-corrected chi connectivity index (χ2v) is 7.66. The number of carbonyl (C=O) groups excluding carboxylic acids is 2. The first-order valence-corrected chi connectivity index (χ1v) is 9.48. The molecular weight excluding hydrogens is 378 g/mol. The Bertz CT molecular complexity index is 852. The van der Waals surface area contributed by atoms with E-state index in [2.05, 4.69) is 10.6 Å². The topological polar surface area (TPSA) is 98.7 Å². The summed E-state index contributed by atoms with van der Waals surface area (Å²) >= 11 is 5.83. The molecule has 28 heavy (non-hydrogen) atoms. The zero-order valence-corrected chi connectivity index (χ0v) is 16.2. The molecule has 0 saturated heterocycles. The average Bonchev–Trinajstić information content (AvgIpc) is 3.44. The molecule has 0 aromatic heterocycles. The third-order valence-electron chi connectivity index (χ3n) is 4.90. The van der Waals surface area contributed by atoms with Gasteiger partial charge in [0.15, 0.2) is 0 Å². The summed E-state index contributed by atoms with van der Waals surface area (Å²) in [5, 5.41) is 25.3. The Kier molecular flexibility index (Phi) is 6.08. The fourth-order valence-electron chi connectivity index (χ4n) is 2.94. The van der Waals surface area contributed by atoms with Crippen LogP contribution in [0.2, 0.25) is 5.02 Å². The Morgan fingerprint density at radius 3 is 2.25 bits per heavy atom. The van der Waals surface area contributed by atoms with Crippen molar-refractivity contribution in [2.45, 2.75) is 37.7 Å². The van der Waals surface area contributed by atoms with Crippen molar-refractivity contribution in [1.82, 2.24) is 10.6 Å². The predicted molar refractivity (Wildman–Crippen MR) is 108 cm³/mol. The minimum Gasteiger partial charge on any atom is -0.426 e. The molecule has 1 aliphatic rings. The van der Waals surface area contributed by atoms with Crippen molar-refractivity contribution in [2.75, 3.05) is 0 Å². The maximum Gasteiger partial charge on any atom is 0.475 e. The minimum absolute atomic E-state index is 0.269. The molecule has 1 atom stereocenters. The quantitative estimate of drug-likeness (QED) is 0.531. The predicted octanol–water partition coefficient (Wildman–Crippen LogP) is 1.65. The smallest absolute Gasteiger partial charge is 0.426 e. The van der Waals surface area contributed by atoms with Gasteiger partial charge in [0.05, 0.1) is 5.94 Å². The van der Waals surface area contributed by atoms with E-state index in [4.69, 9.17) is 11.6 Å². The molecule has 8 heteroatoms. The van der Waals surface area contributed by atoms with Crippen LogP contribution in [0.4, 0.5) is 0 Å². The molecule has 2 aromatic carbocycles. The van der Waals surface area contributed by atoms with E-state index in [-0.39, 0.29) is 12.3 Å². The van der Waals surface area contributed by atoms with Gasteiger partial charge in [-0.2, -0.15) is 0 Å². The van der Waals surface area contributed by atoms with Crippen LogP contribution >= 0.6 is 11.6 Å². The molecule has 2 amide bonds. The second-order valence-electron chi connectivity index (χ2n) is 7.23. The van der Waals surface area contributed by atoms with Crippen molar-refractivity contribution in [3.8, 4) is 0 Å². The van der Waals surface area contributed by atoms with Crippen LogP contribution in [0.5, 0.6) is 0 Å². The molecule has 3 rings (SSSR count). The number of halogens is 1. The highest BCUT2D eigenvalue weighted by molar-refractivity contribution is 6.43. The fraction of sp³-hybridized carbons (Fsp3) is 0.300. The molecule has 2 aromatic rings. The molecule has 0 radical (unpaired) electrons. The monoisotopic (exact) mass is 400 g/mol. The van der Waals surface area contributed by atoms with Crippen molar-refractivity contribution in [3.05, 3.63) is 70.2 Å². The number of benzene rings is 2. The standard InChI is InChI=1S/C20H22BClN2O4/c1-13-2-4-14(5-3-13)12-17(21(27)28)23-19(26)20(10-11-20)24-18(25)15-6-8-16(22)9-7-15/h2-9,17,27-28H,10-12H2,1H3,(H,23,26)(H,24,25)/t17-/m0/s1. The molecule has 6 nitrogen and oxygen atoms in total. The van der Waals surface area contributed by atoms with E-state index >= 15 is 0 Å². The van der Waals surface area contributed by atoms with E-state index in [0.717, 1.165) is 11.1 Å². The van der Waals surface area contributed by atoms with E-state index in [1.54, 1.807) is 24.3 Å². The molecular formula is C20H22BClN2O4. The highest BCUT2D eigenvalue weighted by atomic mass is 35.5. The number of nitrogens with one attached hydrogen (secondary N) is 2. The molecule has 1 fully saturated rings. The minimum atomic E-state index is -1.71. The third kappa shape index (κ3) is 4.92. The van der Waals surface area contributed by atoms with Crippen LogP contribution in [0.1, 0.15) is 34.3 Å². The van der Waals surface area contributed by atoms with Crippen LogP contribution in [-0.2, 0) is 11.2 Å². The van der Waals surface area contributed by atoms with Crippen LogP contribution < -0.4 is 10.6 Å². The lowest BCUT2D eigenvalue weighted by Crippen LogP contribution is -2.56. The van der Waals surface area contributed by atoms with E-state index in [9.17, 15) is 19.6 Å². The number of hydrogen-bond donors (Lipinski definition) is 4. The summed E-state index contributed by atoms with van der Waals surface area (Å²) in [6.07, 6.45) is 1.26. The van der Waals surface area contributed by atoms with Gasteiger partial charge in [-0.25, -0.2) is 0 Å². The molecule has 0 bridgehead atoms. The second kappa shape index (κ2) is 8.35. The molecule has 0 aliphatic heterocycles. The van der Waals surface area contributed by atoms with Crippen molar-refractivity contribution >= 4 is 30.5 Å². The SMILES string of the molecule is Cc1ccc(C[C@H](NC(=O)C2(NC(=O)c3ccc(Cl)cc3)CC2)B(O)O)cc1. The number of amides is 2. The molecule has 1 saturated carbocycles. The Hall–Kier alpha value is -2.35. The lowest BCUT2D eigenvalue weighted by atomic mass is 9.75. The molecule has 1 aliphatic carbocycles. The summed E-state index contributed by atoms with van der Waals surface area (Å²) in [5.41, 5.74) is 1.36. The summed E-state index contributed by atoms with van der Waals surface area (Å²) in [4.78, 5) is 25.2. The van der Waals surface area contributed by atoms with Crippen molar-refractivity contribution in [2.24, 2.45) is 0 Å². The fourth-order valence-corrected chi connectivity index (χ4v) is 3.07. The first-order valence-electron chi connectivity index (χ1n) is 9.10. The Morgan fingerprint density at radius 2 is 1.71 bits per heavy atom. The van der Waals surface area contributed by atoms with Gasteiger partial charge in [-0.3, -0.25) is 9.59 Å². The molecule has 0 spiro atoms. The summed E-state index contributed by atoms with van der Waals surface area (Å²) in [6, 6.07) is 14.0. The van der Waals surface area contributed by atoms with Crippen LogP contribution in [-0.4, -0.2) is 40.5 Å². The number of hydrogen-bond acceptors (Lipinski definition) is 4. The van der Waals surface area contributed by atoms with Gasteiger partial charge in [-0.05, 0) is 56.0 Å². The lowest BCUT2D eigenvalue weighted by Gasteiger charge is -2.23. The van der Waals surface area contributed by atoms with Gasteiger partial charge in [0, 0.05) is 10.6 Å². The van der Waals surface area contributed by atoms with Gasteiger partial charge in [0.2, 0.25) is 5.91 Å². The van der Waals surface area contributed by atoms with Crippen LogP contribution in [0.25, 0.3) is 0 Å². The molecule has 0 unspecified atom stereocenters. The van der Waals surface area contributed by atoms with E-state index in [1.807, 2.05) is 31.2 Å². The van der Waals surface area contributed by atoms with Gasteiger partial charge in [0.1, 0.15) is 5.54 Å². The summed E-state index contributed by atoms with van der Waals surface area (Å²) in [7, 11) is -1.71. The molecule has 4 N–H and O–H groups in total. The summed E-state index contributed by atoms with van der Waals surface area (Å²) in [6.45, 7) is 1.96. The Labute approximate surface area is 169 Å². The zero-order chi connectivity index (χ0) is 20.3. The highest BCUT2D eigenvalue weighted by Crippen LogP contribution is 2.36.